The molecule has 100 valence electrons. The molecule has 0 aliphatic carbocycles. The number of aromatic carboxylic acids is 1. The monoisotopic (exact) mass is 331 g/mol. The van der Waals surface area contributed by atoms with E-state index in [0.29, 0.717) is 22.6 Å². The van der Waals surface area contributed by atoms with E-state index in [1.54, 1.807) is 6.92 Å². The molecule has 0 radical (unpaired) electrons. The van der Waals surface area contributed by atoms with Crippen LogP contribution in [0.5, 0.6) is 0 Å². The predicted octanol–water partition coefficient (Wildman–Crippen LogP) is 3.39. The van der Waals surface area contributed by atoms with Crippen LogP contribution >= 0.6 is 15.9 Å². The Balaban J connectivity index is 2.20. The summed E-state index contributed by atoms with van der Waals surface area (Å²) in [6.45, 7) is 1.78. The Morgan fingerprint density at radius 1 is 1.25 bits per heavy atom. The number of benzene rings is 1. The summed E-state index contributed by atoms with van der Waals surface area (Å²) in [5.41, 5.74) is 2.25. The molecule has 0 amide bonds. The van der Waals surface area contributed by atoms with Crippen LogP contribution in [0.3, 0.4) is 0 Å². The van der Waals surface area contributed by atoms with Crippen molar-refractivity contribution in [1.82, 2.24) is 15.0 Å². The molecule has 2 aromatic heterocycles. The average molecular weight is 332 g/mol. The molecule has 0 saturated carbocycles. The van der Waals surface area contributed by atoms with Crippen molar-refractivity contribution in [3.8, 4) is 11.4 Å². The number of aryl methyl sites for hydroxylation is 1. The molecule has 6 heteroatoms. The Morgan fingerprint density at radius 2 is 1.95 bits per heavy atom. The molecular formula is C14H10BrN3O2. The number of nitrogens with zero attached hydrogens (tertiary/aromatic N) is 2. The first-order valence-electron chi connectivity index (χ1n) is 5.91. The third kappa shape index (κ3) is 2.08. The van der Waals surface area contributed by atoms with Crippen molar-refractivity contribution in [2.24, 2.45) is 0 Å². The summed E-state index contributed by atoms with van der Waals surface area (Å²) < 4.78 is 0.979. The number of rotatable bonds is 2. The molecule has 2 N–H and O–H groups in total. The summed E-state index contributed by atoms with van der Waals surface area (Å²) in [7, 11) is 0. The number of carboxylic acids is 1. The van der Waals surface area contributed by atoms with Crippen molar-refractivity contribution in [3.05, 3.63) is 46.2 Å². The van der Waals surface area contributed by atoms with Gasteiger partial charge in [0.15, 0.2) is 5.82 Å². The van der Waals surface area contributed by atoms with E-state index in [9.17, 15) is 4.79 Å². The second-order valence-electron chi connectivity index (χ2n) is 4.37. The van der Waals surface area contributed by atoms with Crippen LogP contribution in [0.2, 0.25) is 0 Å². The smallest absolute Gasteiger partial charge is 0.338 e. The molecule has 20 heavy (non-hydrogen) atoms. The van der Waals surface area contributed by atoms with Crippen LogP contribution < -0.4 is 0 Å². The number of aromatic nitrogens is 3. The number of carbonyl (C=O) groups is 1. The number of aromatic amines is 1. The summed E-state index contributed by atoms with van der Waals surface area (Å²) in [4.78, 5) is 22.8. The van der Waals surface area contributed by atoms with Gasteiger partial charge in [-0.05, 0) is 19.1 Å². The molecule has 2 heterocycles. The lowest BCUT2D eigenvalue weighted by molar-refractivity contribution is 0.0699. The predicted molar refractivity (Wildman–Crippen MR) is 78.7 cm³/mol. The normalized spacial score (nSPS) is 10.9. The summed E-state index contributed by atoms with van der Waals surface area (Å²) in [6, 6.07) is 7.64. The lowest BCUT2D eigenvalue weighted by atomic mass is 10.1. The van der Waals surface area contributed by atoms with Gasteiger partial charge in [0, 0.05) is 16.2 Å². The Kier molecular flexibility index (Phi) is 3.02. The zero-order chi connectivity index (χ0) is 14.3. The Labute approximate surface area is 122 Å². The van der Waals surface area contributed by atoms with Crippen molar-refractivity contribution in [2.45, 2.75) is 6.92 Å². The van der Waals surface area contributed by atoms with Crippen LogP contribution in [0.25, 0.3) is 22.4 Å². The molecule has 3 rings (SSSR count). The van der Waals surface area contributed by atoms with Gasteiger partial charge < -0.3 is 10.1 Å². The zero-order valence-corrected chi connectivity index (χ0v) is 12.1. The fraction of sp³-hybridized carbons (Fsp3) is 0.0714. The Morgan fingerprint density at radius 3 is 2.60 bits per heavy atom. The second kappa shape index (κ2) is 4.72. The minimum absolute atomic E-state index is 0.194. The summed E-state index contributed by atoms with van der Waals surface area (Å²) >= 11 is 3.38. The van der Waals surface area contributed by atoms with Gasteiger partial charge in [-0.1, -0.05) is 28.1 Å². The minimum atomic E-state index is -0.987. The highest BCUT2D eigenvalue weighted by Crippen LogP contribution is 2.24. The van der Waals surface area contributed by atoms with Crippen LogP contribution in [-0.4, -0.2) is 26.0 Å². The van der Waals surface area contributed by atoms with E-state index in [-0.39, 0.29) is 5.56 Å². The molecule has 0 aliphatic rings. The van der Waals surface area contributed by atoms with Crippen LogP contribution in [0, 0.1) is 6.92 Å². The maximum atomic E-state index is 11.1. The molecule has 0 atom stereocenters. The topological polar surface area (TPSA) is 78.9 Å². The highest BCUT2D eigenvalue weighted by Gasteiger charge is 2.16. The molecule has 1 aromatic carbocycles. The van der Waals surface area contributed by atoms with Crippen LogP contribution in [-0.2, 0) is 0 Å². The van der Waals surface area contributed by atoms with Gasteiger partial charge in [-0.25, -0.2) is 14.8 Å². The van der Waals surface area contributed by atoms with Gasteiger partial charge in [-0.3, -0.25) is 0 Å². The average Bonchev–Trinajstić information content (AvgIpc) is 2.84. The van der Waals surface area contributed by atoms with Crippen molar-refractivity contribution in [3.63, 3.8) is 0 Å². The third-order valence-corrected chi connectivity index (χ3v) is 3.57. The standard InChI is InChI=1S/C14H10BrN3O2/c1-7-11-10(14(19)20)6-16-13(11)18-12(17-7)8-2-4-9(15)5-3-8/h2-6H,1H3,(H,19,20)(H,16,17,18). The molecule has 0 aliphatic heterocycles. The first-order chi connectivity index (χ1) is 9.56. The number of fused-ring (bicyclic) bond motifs is 1. The van der Waals surface area contributed by atoms with Gasteiger partial charge in [0.2, 0.25) is 0 Å². The van der Waals surface area contributed by atoms with Crippen LogP contribution in [0.1, 0.15) is 16.1 Å². The largest absolute Gasteiger partial charge is 0.478 e. The van der Waals surface area contributed by atoms with E-state index < -0.39 is 5.97 Å². The van der Waals surface area contributed by atoms with Crippen molar-refractivity contribution in [1.29, 1.82) is 0 Å². The van der Waals surface area contributed by atoms with E-state index in [4.69, 9.17) is 5.11 Å². The molecule has 0 fully saturated rings. The molecule has 3 aromatic rings. The summed E-state index contributed by atoms with van der Waals surface area (Å²) in [6.07, 6.45) is 1.44. The van der Waals surface area contributed by atoms with Crippen molar-refractivity contribution < 1.29 is 9.90 Å². The number of hydrogen-bond acceptors (Lipinski definition) is 3. The number of halogens is 1. The molecule has 5 nitrogen and oxygen atoms in total. The number of carboxylic acid groups (broad SMARTS) is 1. The Hall–Kier alpha value is -2.21. The van der Waals surface area contributed by atoms with E-state index >= 15 is 0 Å². The van der Waals surface area contributed by atoms with E-state index in [1.165, 1.54) is 6.20 Å². The van der Waals surface area contributed by atoms with Gasteiger partial charge in [0.05, 0.1) is 16.6 Å². The van der Waals surface area contributed by atoms with Gasteiger partial charge in [0.1, 0.15) is 5.65 Å². The highest BCUT2D eigenvalue weighted by molar-refractivity contribution is 9.10. The first kappa shape index (κ1) is 12.8. The van der Waals surface area contributed by atoms with Crippen molar-refractivity contribution >= 4 is 32.9 Å². The van der Waals surface area contributed by atoms with E-state index in [0.717, 1.165) is 10.0 Å². The molecular weight excluding hydrogens is 322 g/mol. The van der Waals surface area contributed by atoms with Crippen LogP contribution in [0.15, 0.2) is 34.9 Å². The number of nitrogens with one attached hydrogen (secondary N) is 1. The fourth-order valence-corrected chi connectivity index (χ4v) is 2.37. The van der Waals surface area contributed by atoms with Crippen LogP contribution in [0.4, 0.5) is 0 Å². The lowest BCUT2D eigenvalue weighted by Gasteiger charge is -2.03. The fourth-order valence-electron chi connectivity index (χ4n) is 2.11. The highest BCUT2D eigenvalue weighted by atomic mass is 79.9. The molecule has 0 unspecified atom stereocenters. The summed E-state index contributed by atoms with van der Waals surface area (Å²) in [5, 5.41) is 9.69. The molecule has 0 saturated heterocycles. The van der Waals surface area contributed by atoms with Gasteiger partial charge in [-0.2, -0.15) is 0 Å². The number of hydrogen-bond donors (Lipinski definition) is 2. The minimum Gasteiger partial charge on any atom is -0.478 e. The summed E-state index contributed by atoms with van der Waals surface area (Å²) in [5.74, 6) is -0.416. The second-order valence-corrected chi connectivity index (χ2v) is 5.29. The first-order valence-corrected chi connectivity index (χ1v) is 6.70. The van der Waals surface area contributed by atoms with Gasteiger partial charge in [0.25, 0.3) is 0 Å². The quantitative estimate of drug-likeness (QED) is 0.754. The van der Waals surface area contributed by atoms with E-state index in [1.807, 2.05) is 24.3 Å². The zero-order valence-electron chi connectivity index (χ0n) is 10.5. The van der Waals surface area contributed by atoms with Crippen molar-refractivity contribution in [2.75, 3.05) is 0 Å². The Bertz CT molecular complexity index is 809. The lowest BCUT2D eigenvalue weighted by Crippen LogP contribution is -1.98. The van der Waals surface area contributed by atoms with Gasteiger partial charge in [-0.15, -0.1) is 0 Å². The van der Waals surface area contributed by atoms with E-state index in [2.05, 4.69) is 30.9 Å². The third-order valence-electron chi connectivity index (χ3n) is 3.05. The molecule has 0 spiro atoms. The SMILES string of the molecule is Cc1nc(-c2ccc(Br)cc2)nc2[nH]cc(C(=O)O)c12. The maximum Gasteiger partial charge on any atom is 0.338 e. The van der Waals surface area contributed by atoms with Gasteiger partial charge >= 0.3 is 5.97 Å². The molecule has 0 bridgehead atoms. The number of H-pyrrole nitrogens is 1. The maximum absolute atomic E-state index is 11.1.